The number of rotatable bonds is 4. The Morgan fingerprint density at radius 1 is 0.815 bits per heavy atom. The molecule has 0 bridgehead atoms. The average Bonchev–Trinajstić information content (AvgIpc) is 2.72. The standard InChI is InChI=1S/C22H18O5/c1-24-19-13-16(14-20(25-2)22(19)26-3)17-10-12-21(23)27-18(17)11-9-15-7-5-4-6-8-15/h4-8,10,12-14H,1-3H3. The van der Waals surface area contributed by atoms with E-state index in [4.69, 9.17) is 18.6 Å². The van der Waals surface area contributed by atoms with Gasteiger partial charge in [0.2, 0.25) is 5.75 Å². The molecular formula is C22H18O5. The molecule has 0 amide bonds. The molecule has 2 aromatic carbocycles. The van der Waals surface area contributed by atoms with E-state index in [2.05, 4.69) is 11.8 Å². The zero-order valence-corrected chi connectivity index (χ0v) is 15.2. The zero-order valence-electron chi connectivity index (χ0n) is 15.2. The monoisotopic (exact) mass is 362 g/mol. The van der Waals surface area contributed by atoms with Gasteiger partial charge in [-0.05, 0) is 41.8 Å². The molecule has 0 aliphatic rings. The van der Waals surface area contributed by atoms with Crippen molar-refractivity contribution in [3.63, 3.8) is 0 Å². The maximum atomic E-state index is 11.7. The molecule has 0 radical (unpaired) electrons. The Bertz CT molecular complexity index is 1030. The molecule has 136 valence electrons. The first-order chi connectivity index (χ1) is 13.2. The van der Waals surface area contributed by atoms with Gasteiger partial charge in [0.15, 0.2) is 17.3 Å². The molecule has 0 saturated heterocycles. The van der Waals surface area contributed by atoms with Crippen molar-refractivity contribution < 1.29 is 18.6 Å². The number of ether oxygens (including phenoxy) is 3. The predicted octanol–water partition coefficient (Wildman–Crippen LogP) is 3.73. The molecular weight excluding hydrogens is 344 g/mol. The van der Waals surface area contributed by atoms with E-state index in [9.17, 15) is 4.79 Å². The van der Waals surface area contributed by atoms with Gasteiger partial charge >= 0.3 is 5.63 Å². The summed E-state index contributed by atoms with van der Waals surface area (Å²) in [7, 11) is 4.63. The lowest BCUT2D eigenvalue weighted by atomic mass is 10.0. The van der Waals surface area contributed by atoms with Crippen LogP contribution in [0.4, 0.5) is 0 Å². The first-order valence-corrected chi connectivity index (χ1v) is 8.18. The highest BCUT2D eigenvalue weighted by atomic mass is 16.5. The summed E-state index contributed by atoms with van der Waals surface area (Å²) in [5.41, 5.74) is 1.73. The van der Waals surface area contributed by atoms with Crippen molar-refractivity contribution in [1.29, 1.82) is 0 Å². The highest BCUT2D eigenvalue weighted by Gasteiger charge is 2.16. The Morgan fingerprint density at radius 3 is 2.07 bits per heavy atom. The molecule has 5 heteroatoms. The summed E-state index contributed by atoms with van der Waals surface area (Å²) in [6.45, 7) is 0. The summed E-state index contributed by atoms with van der Waals surface area (Å²) in [6.07, 6.45) is 0. The van der Waals surface area contributed by atoms with Gasteiger partial charge in [-0.3, -0.25) is 0 Å². The van der Waals surface area contributed by atoms with Crippen LogP contribution >= 0.6 is 0 Å². The Labute approximate surface area is 157 Å². The fraction of sp³-hybridized carbons (Fsp3) is 0.136. The van der Waals surface area contributed by atoms with Crippen molar-refractivity contribution in [1.82, 2.24) is 0 Å². The zero-order chi connectivity index (χ0) is 19.2. The lowest BCUT2D eigenvalue weighted by Gasteiger charge is -2.14. The van der Waals surface area contributed by atoms with Crippen LogP contribution in [0.2, 0.25) is 0 Å². The Balaban J connectivity index is 2.16. The summed E-state index contributed by atoms with van der Waals surface area (Å²) in [4.78, 5) is 11.7. The maximum absolute atomic E-state index is 11.7. The molecule has 3 aromatic rings. The third kappa shape index (κ3) is 3.96. The second-order valence-corrected chi connectivity index (χ2v) is 5.53. The van der Waals surface area contributed by atoms with Crippen molar-refractivity contribution in [3.05, 3.63) is 76.3 Å². The van der Waals surface area contributed by atoms with Gasteiger partial charge in [0.25, 0.3) is 0 Å². The van der Waals surface area contributed by atoms with Crippen molar-refractivity contribution in [3.8, 4) is 40.2 Å². The summed E-state index contributed by atoms with van der Waals surface area (Å²) in [5, 5.41) is 0. The van der Waals surface area contributed by atoms with E-state index < -0.39 is 5.63 Å². The molecule has 27 heavy (non-hydrogen) atoms. The maximum Gasteiger partial charge on any atom is 0.336 e. The van der Waals surface area contributed by atoms with E-state index in [1.165, 1.54) is 6.07 Å². The summed E-state index contributed by atoms with van der Waals surface area (Å²) >= 11 is 0. The van der Waals surface area contributed by atoms with Crippen LogP contribution in [0.5, 0.6) is 17.2 Å². The van der Waals surface area contributed by atoms with Gasteiger partial charge in [-0.1, -0.05) is 24.1 Å². The number of methoxy groups -OCH3 is 3. The van der Waals surface area contributed by atoms with Crippen LogP contribution in [0.3, 0.4) is 0 Å². The van der Waals surface area contributed by atoms with Gasteiger partial charge in [0, 0.05) is 17.2 Å². The lowest BCUT2D eigenvalue weighted by molar-refractivity contribution is 0.324. The second-order valence-electron chi connectivity index (χ2n) is 5.53. The smallest absolute Gasteiger partial charge is 0.336 e. The number of benzene rings is 2. The molecule has 0 atom stereocenters. The van der Waals surface area contributed by atoms with Crippen LogP contribution in [-0.2, 0) is 0 Å². The van der Waals surface area contributed by atoms with Crippen LogP contribution in [0.25, 0.3) is 11.1 Å². The first kappa shape index (κ1) is 18.2. The highest BCUT2D eigenvalue weighted by Crippen LogP contribution is 2.41. The molecule has 0 fully saturated rings. The molecule has 0 unspecified atom stereocenters. The van der Waals surface area contributed by atoms with Crippen molar-refractivity contribution in [2.45, 2.75) is 0 Å². The molecule has 0 spiro atoms. The summed E-state index contributed by atoms with van der Waals surface area (Å²) in [5.74, 6) is 7.70. The van der Waals surface area contributed by atoms with Gasteiger partial charge in [0.1, 0.15) is 0 Å². The van der Waals surface area contributed by atoms with E-state index in [0.717, 1.165) is 11.1 Å². The van der Waals surface area contributed by atoms with Crippen LogP contribution in [0, 0.1) is 11.8 Å². The van der Waals surface area contributed by atoms with Crippen LogP contribution in [-0.4, -0.2) is 21.3 Å². The van der Waals surface area contributed by atoms with E-state index in [1.807, 2.05) is 30.3 Å². The van der Waals surface area contributed by atoms with Crippen LogP contribution in [0.1, 0.15) is 11.3 Å². The fourth-order valence-electron chi connectivity index (χ4n) is 2.62. The molecule has 3 rings (SSSR count). The number of hydrogen-bond acceptors (Lipinski definition) is 5. The van der Waals surface area contributed by atoms with Gasteiger partial charge in [-0.15, -0.1) is 0 Å². The van der Waals surface area contributed by atoms with Gasteiger partial charge in [-0.2, -0.15) is 0 Å². The van der Waals surface area contributed by atoms with Crippen molar-refractivity contribution in [2.75, 3.05) is 21.3 Å². The topological polar surface area (TPSA) is 57.9 Å². The molecule has 1 heterocycles. The molecule has 0 saturated carbocycles. The minimum absolute atomic E-state index is 0.264. The van der Waals surface area contributed by atoms with Gasteiger partial charge < -0.3 is 18.6 Å². The third-order valence-electron chi connectivity index (χ3n) is 3.90. The van der Waals surface area contributed by atoms with Gasteiger partial charge in [-0.25, -0.2) is 4.79 Å². The predicted molar refractivity (Wildman–Crippen MR) is 102 cm³/mol. The number of hydrogen-bond donors (Lipinski definition) is 0. The minimum atomic E-state index is -0.469. The molecule has 0 aliphatic carbocycles. The molecule has 1 aromatic heterocycles. The van der Waals surface area contributed by atoms with E-state index >= 15 is 0 Å². The Morgan fingerprint density at radius 2 is 1.48 bits per heavy atom. The quantitative estimate of drug-likeness (QED) is 0.662. The van der Waals surface area contributed by atoms with Gasteiger partial charge in [0.05, 0.1) is 21.3 Å². The Hall–Kier alpha value is -3.65. The normalized spacial score (nSPS) is 9.89. The van der Waals surface area contributed by atoms with E-state index in [0.29, 0.717) is 22.8 Å². The highest BCUT2D eigenvalue weighted by molar-refractivity contribution is 5.74. The van der Waals surface area contributed by atoms with E-state index in [1.54, 1.807) is 39.5 Å². The van der Waals surface area contributed by atoms with Crippen molar-refractivity contribution in [2.24, 2.45) is 0 Å². The summed E-state index contributed by atoms with van der Waals surface area (Å²) < 4.78 is 21.5. The summed E-state index contributed by atoms with van der Waals surface area (Å²) in [6, 6.07) is 16.1. The molecule has 0 N–H and O–H groups in total. The van der Waals surface area contributed by atoms with Crippen molar-refractivity contribution >= 4 is 0 Å². The Kier molecular flexibility index (Phi) is 5.48. The molecule has 0 aliphatic heterocycles. The van der Waals surface area contributed by atoms with Crippen LogP contribution < -0.4 is 19.8 Å². The third-order valence-corrected chi connectivity index (χ3v) is 3.90. The fourth-order valence-corrected chi connectivity index (χ4v) is 2.62. The average molecular weight is 362 g/mol. The first-order valence-electron chi connectivity index (χ1n) is 8.18. The largest absolute Gasteiger partial charge is 0.493 e. The molecule has 5 nitrogen and oxygen atoms in total. The lowest BCUT2D eigenvalue weighted by Crippen LogP contribution is -2.00. The minimum Gasteiger partial charge on any atom is -0.493 e. The van der Waals surface area contributed by atoms with Crippen LogP contribution in [0.15, 0.2) is 63.8 Å². The SMILES string of the molecule is COc1cc(-c2ccc(=O)oc2C#Cc2ccccc2)cc(OC)c1OC. The second kappa shape index (κ2) is 8.15. The van der Waals surface area contributed by atoms with E-state index in [-0.39, 0.29) is 5.76 Å².